The molecule has 5 nitrogen and oxygen atoms in total. The number of rotatable bonds is 7. The molecule has 0 radical (unpaired) electrons. The molecule has 1 aliphatic rings. The first-order valence-electron chi connectivity index (χ1n) is 9.89. The molecule has 0 spiro atoms. The highest BCUT2D eigenvalue weighted by atomic mass is 16.5. The first-order valence-corrected chi connectivity index (χ1v) is 9.89. The Morgan fingerprint density at radius 1 is 1.14 bits per heavy atom. The lowest BCUT2D eigenvalue weighted by Crippen LogP contribution is -2.46. The molecule has 1 N–H and O–H groups in total. The maximum atomic E-state index is 12.8. The van der Waals surface area contributed by atoms with Crippen LogP contribution < -0.4 is 19.5 Å². The number of hydrogen-bond acceptors (Lipinski definition) is 4. The van der Waals surface area contributed by atoms with Crippen LogP contribution in [-0.4, -0.2) is 24.7 Å². The summed E-state index contributed by atoms with van der Waals surface area (Å²) < 4.78 is 17.3. The lowest BCUT2D eigenvalue weighted by Gasteiger charge is -2.41. The summed E-state index contributed by atoms with van der Waals surface area (Å²) in [5.74, 6) is 2.09. The molecule has 5 heteroatoms. The normalized spacial score (nSPS) is 18.4. The second kappa shape index (κ2) is 8.55. The Kier molecular flexibility index (Phi) is 6.12. The van der Waals surface area contributed by atoms with Crippen LogP contribution in [0.2, 0.25) is 0 Å². The standard InChI is InChI=1S/C23H29NO4/c1-5-23(6-2)15-20(19-9-7-8-10-21(19)28-23)24-22(25)16(3)27-18-13-11-17(26-4)12-14-18/h7-14,16,20H,5-6,15H2,1-4H3,(H,24,25)/t16-,20+/m1/s1. The molecule has 2 aromatic carbocycles. The van der Waals surface area contributed by atoms with E-state index in [0.717, 1.165) is 36.3 Å². The van der Waals surface area contributed by atoms with Crippen LogP contribution in [0.1, 0.15) is 51.6 Å². The smallest absolute Gasteiger partial charge is 0.261 e. The summed E-state index contributed by atoms with van der Waals surface area (Å²) in [5.41, 5.74) is 0.761. The Balaban J connectivity index is 1.72. The van der Waals surface area contributed by atoms with Crippen molar-refractivity contribution in [3.05, 3.63) is 54.1 Å². The summed E-state index contributed by atoms with van der Waals surface area (Å²) in [4.78, 5) is 12.8. The number of carbonyl (C=O) groups is 1. The van der Waals surface area contributed by atoms with E-state index in [1.807, 2.05) is 36.4 Å². The van der Waals surface area contributed by atoms with Gasteiger partial charge in [0.1, 0.15) is 22.8 Å². The zero-order valence-electron chi connectivity index (χ0n) is 17.0. The molecule has 2 atom stereocenters. The topological polar surface area (TPSA) is 56.8 Å². The predicted molar refractivity (Wildman–Crippen MR) is 109 cm³/mol. The van der Waals surface area contributed by atoms with E-state index in [1.54, 1.807) is 26.2 Å². The average molecular weight is 383 g/mol. The summed E-state index contributed by atoms with van der Waals surface area (Å²) in [6.07, 6.45) is 1.92. The number of amides is 1. The lowest BCUT2D eigenvalue weighted by atomic mass is 9.83. The number of para-hydroxylation sites is 1. The van der Waals surface area contributed by atoms with Crippen LogP contribution in [0.15, 0.2) is 48.5 Å². The molecule has 0 saturated heterocycles. The van der Waals surface area contributed by atoms with E-state index in [0.29, 0.717) is 5.75 Å². The van der Waals surface area contributed by atoms with E-state index in [-0.39, 0.29) is 17.6 Å². The van der Waals surface area contributed by atoms with Gasteiger partial charge in [-0.25, -0.2) is 0 Å². The number of ether oxygens (including phenoxy) is 3. The molecule has 0 unspecified atom stereocenters. The van der Waals surface area contributed by atoms with Gasteiger partial charge in [0, 0.05) is 12.0 Å². The fourth-order valence-corrected chi connectivity index (χ4v) is 3.63. The van der Waals surface area contributed by atoms with Crippen LogP contribution in [0.4, 0.5) is 0 Å². The molecule has 0 saturated carbocycles. The summed E-state index contributed by atoms with van der Waals surface area (Å²) in [6.45, 7) is 6.02. The first-order chi connectivity index (χ1) is 13.5. The van der Waals surface area contributed by atoms with Crippen LogP contribution in [0, 0.1) is 0 Å². The second-order valence-corrected chi connectivity index (χ2v) is 7.23. The van der Waals surface area contributed by atoms with Gasteiger partial charge in [0.2, 0.25) is 0 Å². The first kappa shape index (κ1) is 20.1. The third-order valence-electron chi connectivity index (χ3n) is 5.54. The molecule has 150 valence electrons. The maximum Gasteiger partial charge on any atom is 0.261 e. The fraction of sp³-hybridized carbons (Fsp3) is 0.435. The molecule has 1 heterocycles. The van der Waals surface area contributed by atoms with E-state index >= 15 is 0 Å². The van der Waals surface area contributed by atoms with Gasteiger partial charge in [0.25, 0.3) is 5.91 Å². The Hall–Kier alpha value is -2.69. The SMILES string of the molecule is CCC1(CC)C[C@H](NC(=O)[C@@H](C)Oc2ccc(OC)cc2)c2ccccc2O1. The largest absolute Gasteiger partial charge is 0.497 e. The molecule has 0 aliphatic carbocycles. The Labute approximate surface area is 167 Å². The monoisotopic (exact) mass is 383 g/mol. The molecule has 1 amide bonds. The third-order valence-corrected chi connectivity index (χ3v) is 5.54. The van der Waals surface area contributed by atoms with Gasteiger partial charge in [-0.2, -0.15) is 0 Å². The van der Waals surface area contributed by atoms with Gasteiger partial charge in [-0.3, -0.25) is 4.79 Å². The van der Waals surface area contributed by atoms with Crippen molar-refractivity contribution in [3.63, 3.8) is 0 Å². The summed E-state index contributed by atoms with van der Waals surface area (Å²) >= 11 is 0. The van der Waals surface area contributed by atoms with Crippen molar-refractivity contribution >= 4 is 5.91 Å². The summed E-state index contributed by atoms with van der Waals surface area (Å²) in [5, 5.41) is 3.17. The molecule has 0 fully saturated rings. The van der Waals surface area contributed by atoms with Gasteiger partial charge >= 0.3 is 0 Å². The van der Waals surface area contributed by atoms with Crippen molar-refractivity contribution in [1.82, 2.24) is 5.32 Å². The van der Waals surface area contributed by atoms with E-state index in [1.165, 1.54) is 0 Å². The number of carbonyl (C=O) groups excluding carboxylic acids is 1. The molecule has 0 aromatic heterocycles. The van der Waals surface area contributed by atoms with Crippen molar-refractivity contribution in [2.24, 2.45) is 0 Å². The Morgan fingerprint density at radius 2 is 1.79 bits per heavy atom. The Morgan fingerprint density at radius 3 is 2.43 bits per heavy atom. The third kappa shape index (κ3) is 4.24. The second-order valence-electron chi connectivity index (χ2n) is 7.23. The van der Waals surface area contributed by atoms with Crippen LogP contribution in [0.3, 0.4) is 0 Å². The highest BCUT2D eigenvalue weighted by Crippen LogP contribution is 2.42. The van der Waals surface area contributed by atoms with Crippen molar-refractivity contribution in [1.29, 1.82) is 0 Å². The van der Waals surface area contributed by atoms with Crippen LogP contribution in [0.5, 0.6) is 17.2 Å². The number of nitrogens with one attached hydrogen (secondary N) is 1. The quantitative estimate of drug-likeness (QED) is 0.755. The van der Waals surface area contributed by atoms with Gasteiger partial charge in [-0.05, 0) is 50.1 Å². The van der Waals surface area contributed by atoms with Gasteiger partial charge in [-0.1, -0.05) is 32.0 Å². The van der Waals surface area contributed by atoms with E-state index in [4.69, 9.17) is 14.2 Å². The predicted octanol–water partition coefficient (Wildman–Crippen LogP) is 4.66. The Bertz CT molecular complexity index is 799. The molecule has 0 bridgehead atoms. The van der Waals surface area contributed by atoms with E-state index in [9.17, 15) is 4.79 Å². The zero-order valence-corrected chi connectivity index (χ0v) is 17.0. The molecular formula is C23H29NO4. The molecular weight excluding hydrogens is 354 g/mol. The number of benzene rings is 2. The highest BCUT2D eigenvalue weighted by Gasteiger charge is 2.39. The number of hydrogen-bond donors (Lipinski definition) is 1. The van der Waals surface area contributed by atoms with Crippen LogP contribution in [0.25, 0.3) is 0 Å². The summed E-state index contributed by atoms with van der Waals surface area (Å²) in [6, 6.07) is 15.1. The lowest BCUT2D eigenvalue weighted by molar-refractivity contribution is -0.128. The van der Waals surface area contributed by atoms with Crippen molar-refractivity contribution < 1.29 is 19.0 Å². The average Bonchev–Trinajstić information content (AvgIpc) is 2.74. The minimum atomic E-state index is -0.610. The van der Waals surface area contributed by atoms with Crippen molar-refractivity contribution in [2.45, 2.75) is 57.8 Å². The van der Waals surface area contributed by atoms with Crippen molar-refractivity contribution in [3.8, 4) is 17.2 Å². The number of methoxy groups -OCH3 is 1. The van der Waals surface area contributed by atoms with E-state index in [2.05, 4.69) is 19.2 Å². The van der Waals surface area contributed by atoms with Gasteiger partial charge in [-0.15, -0.1) is 0 Å². The van der Waals surface area contributed by atoms with Gasteiger partial charge in [0.15, 0.2) is 6.10 Å². The minimum Gasteiger partial charge on any atom is -0.497 e. The van der Waals surface area contributed by atoms with Gasteiger partial charge in [0.05, 0.1) is 13.2 Å². The maximum absolute atomic E-state index is 12.8. The van der Waals surface area contributed by atoms with Crippen LogP contribution in [-0.2, 0) is 4.79 Å². The molecule has 28 heavy (non-hydrogen) atoms. The fourth-order valence-electron chi connectivity index (χ4n) is 3.63. The minimum absolute atomic E-state index is 0.0979. The van der Waals surface area contributed by atoms with E-state index < -0.39 is 6.10 Å². The zero-order chi connectivity index (χ0) is 20.1. The van der Waals surface area contributed by atoms with Crippen LogP contribution >= 0.6 is 0 Å². The summed E-state index contributed by atoms with van der Waals surface area (Å²) in [7, 11) is 1.62. The van der Waals surface area contributed by atoms with Gasteiger partial charge < -0.3 is 19.5 Å². The van der Waals surface area contributed by atoms with Crippen molar-refractivity contribution in [2.75, 3.05) is 7.11 Å². The number of fused-ring (bicyclic) bond motifs is 1. The molecule has 2 aromatic rings. The molecule has 1 aliphatic heterocycles. The molecule has 3 rings (SSSR count). The highest BCUT2D eigenvalue weighted by molar-refractivity contribution is 5.81.